The van der Waals surface area contributed by atoms with Gasteiger partial charge in [-0.2, -0.15) is 0 Å². The maximum absolute atomic E-state index is 11.8. The molecule has 0 radical (unpaired) electrons. The van der Waals surface area contributed by atoms with Gasteiger partial charge in [0, 0.05) is 17.3 Å². The molecule has 0 spiro atoms. The lowest BCUT2D eigenvalue weighted by atomic mass is 10.1. The zero-order valence-corrected chi connectivity index (χ0v) is 12.4. The molecule has 0 saturated heterocycles. The molecule has 0 unspecified atom stereocenters. The Labute approximate surface area is 118 Å². The van der Waals surface area contributed by atoms with Gasteiger partial charge >= 0.3 is 0 Å². The van der Waals surface area contributed by atoms with Crippen LogP contribution in [-0.2, 0) is 6.42 Å². The fourth-order valence-corrected chi connectivity index (χ4v) is 2.19. The zero-order valence-electron chi connectivity index (χ0n) is 12.4. The third-order valence-corrected chi connectivity index (χ3v) is 3.08. The molecule has 1 N–H and O–H groups in total. The summed E-state index contributed by atoms with van der Waals surface area (Å²) in [5.41, 5.74) is 2.62. The zero-order chi connectivity index (χ0) is 14.7. The first kappa shape index (κ1) is 14.3. The van der Waals surface area contributed by atoms with Crippen LogP contribution >= 0.6 is 0 Å². The summed E-state index contributed by atoms with van der Waals surface area (Å²) in [7, 11) is 1.64. The summed E-state index contributed by atoms with van der Waals surface area (Å²) >= 11 is 0. The Morgan fingerprint density at radius 2 is 2.05 bits per heavy atom. The van der Waals surface area contributed by atoms with Crippen LogP contribution < -0.4 is 10.3 Å². The minimum absolute atomic E-state index is 0.112. The Bertz CT molecular complexity index is 660. The minimum atomic E-state index is -0.112. The molecule has 1 aromatic heterocycles. The number of nitrogens with one attached hydrogen (secondary N) is 1. The molecule has 0 fully saturated rings. The van der Waals surface area contributed by atoms with Gasteiger partial charge in [-0.15, -0.1) is 0 Å². The number of aryl methyl sites for hydroxylation is 1. The maximum Gasteiger partial charge on any atom is 0.251 e. The summed E-state index contributed by atoms with van der Waals surface area (Å²) in [5, 5.41) is 0. The lowest BCUT2D eigenvalue weighted by molar-refractivity contribution is 0.412. The number of methoxy groups -OCH3 is 1. The molecular weight excluding hydrogens is 252 g/mol. The lowest BCUT2D eigenvalue weighted by Gasteiger charge is -2.09. The molecule has 0 aliphatic carbocycles. The van der Waals surface area contributed by atoms with E-state index in [2.05, 4.69) is 23.8 Å². The molecule has 106 valence electrons. The molecule has 0 saturated carbocycles. The van der Waals surface area contributed by atoms with Crippen LogP contribution in [0.1, 0.15) is 25.1 Å². The summed E-state index contributed by atoms with van der Waals surface area (Å²) in [5.74, 6) is 1.91. The molecule has 1 heterocycles. The highest BCUT2D eigenvalue weighted by molar-refractivity contribution is 5.58. The van der Waals surface area contributed by atoms with Gasteiger partial charge in [-0.25, -0.2) is 4.98 Å². The Hall–Kier alpha value is -2.10. The summed E-state index contributed by atoms with van der Waals surface area (Å²) in [6, 6.07) is 7.33. The smallest absolute Gasteiger partial charge is 0.251 e. The molecule has 1 aromatic carbocycles. The third kappa shape index (κ3) is 3.26. The Morgan fingerprint density at radius 1 is 1.30 bits per heavy atom. The highest BCUT2D eigenvalue weighted by Crippen LogP contribution is 2.23. The highest BCUT2D eigenvalue weighted by atomic mass is 16.5. The van der Waals surface area contributed by atoms with Gasteiger partial charge in [0.25, 0.3) is 5.56 Å². The molecule has 0 aliphatic heterocycles. The number of H-pyrrole nitrogens is 1. The molecule has 20 heavy (non-hydrogen) atoms. The first-order valence-corrected chi connectivity index (χ1v) is 6.75. The number of hydrogen-bond acceptors (Lipinski definition) is 3. The fourth-order valence-electron chi connectivity index (χ4n) is 2.19. The van der Waals surface area contributed by atoms with Gasteiger partial charge in [-0.3, -0.25) is 4.79 Å². The second kappa shape index (κ2) is 5.90. The van der Waals surface area contributed by atoms with Gasteiger partial charge < -0.3 is 9.72 Å². The van der Waals surface area contributed by atoms with E-state index < -0.39 is 0 Å². The van der Waals surface area contributed by atoms with Crippen molar-refractivity contribution in [2.45, 2.75) is 27.2 Å². The molecule has 0 amide bonds. The number of aromatic amines is 1. The quantitative estimate of drug-likeness (QED) is 0.931. The van der Waals surface area contributed by atoms with Gasteiger partial charge in [0.15, 0.2) is 0 Å². The largest absolute Gasteiger partial charge is 0.496 e. The summed E-state index contributed by atoms with van der Waals surface area (Å²) < 4.78 is 5.24. The van der Waals surface area contributed by atoms with Gasteiger partial charge in [0.2, 0.25) is 0 Å². The van der Waals surface area contributed by atoms with Gasteiger partial charge in [0.1, 0.15) is 11.6 Å². The Kier molecular flexibility index (Phi) is 4.23. The van der Waals surface area contributed by atoms with Crippen LogP contribution in [0.3, 0.4) is 0 Å². The van der Waals surface area contributed by atoms with E-state index in [1.165, 1.54) is 0 Å². The van der Waals surface area contributed by atoms with Crippen molar-refractivity contribution in [1.29, 1.82) is 0 Å². The molecule has 4 nitrogen and oxygen atoms in total. The average Bonchev–Trinajstić information content (AvgIpc) is 2.37. The predicted octanol–water partition coefficient (Wildman–Crippen LogP) is 2.95. The van der Waals surface area contributed by atoms with Crippen molar-refractivity contribution in [2.24, 2.45) is 5.92 Å². The number of ether oxygens (including phenoxy) is 1. The minimum Gasteiger partial charge on any atom is -0.496 e. The van der Waals surface area contributed by atoms with E-state index >= 15 is 0 Å². The molecule has 0 bridgehead atoms. The van der Waals surface area contributed by atoms with E-state index in [1.807, 2.05) is 25.1 Å². The van der Waals surface area contributed by atoms with Crippen molar-refractivity contribution in [1.82, 2.24) is 9.97 Å². The van der Waals surface area contributed by atoms with Gasteiger partial charge in [-0.1, -0.05) is 13.8 Å². The van der Waals surface area contributed by atoms with E-state index in [-0.39, 0.29) is 5.56 Å². The van der Waals surface area contributed by atoms with Crippen LogP contribution in [0.5, 0.6) is 5.75 Å². The fraction of sp³-hybridized carbons (Fsp3) is 0.375. The van der Waals surface area contributed by atoms with E-state index in [1.54, 1.807) is 13.2 Å². The van der Waals surface area contributed by atoms with Crippen molar-refractivity contribution in [2.75, 3.05) is 7.11 Å². The van der Waals surface area contributed by atoms with Crippen LogP contribution in [0.4, 0.5) is 0 Å². The Balaban J connectivity index is 2.44. The molecule has 4 heteroatoms. The normalized spacial score (nSPS) is 10.8. The molecular formula is C16H20N2O2. The third-order valence-electron chi connectivity index (χ3n) is 3.08. The molecule has 2 aromatic rings. The first-order valence-electron chi connectivity index (χ1n) is 6.75. The molecule has 0 aliphatic rings. The molecule has 2 rings (SSSR count). The number of rotatable bonds is 4. The van der Waals surface area contributed by atoms with Crippen molar-refractivity contribution in [3.8, 4) is 17.1 Å². The van der Waals surface area contributed by atoms with Crippen LogP contribution in [0.25, 0.3) is 11.4 Å². The van der Waals surface area contributed by atoms with Crippen LogP contribution in [-0.4, -0.2) is 17.1 Å². The van der Waals surface area contributed by atoms with Crippen molar-refractivity contribution in [3.63, 3.8) is 0 Å². The van der Waals surface area contributed by atoms with Crippen molar-refractivity contribution < 1.29 is 4.74 Å². The SMILES string of the molecule is COc1ccc(-c2nc(CC(C)C)cc(=O)[nH]2)cc1C. The maximum atomic E-state index is 11.8. The van der Waals surface area contributed by atoms with Crippen LogP contribution in [0, 0.1) is 12.8 Å². The topological polar surface area (TPSA) is 55.0 Å². The number of benzene rings is 1. The number of aromatic nitrogens is 2. The second-order valence-corrected chi connectivity index (χ2v) is 5.37. The number of nitrogens with zero attached hydrogens (tertiary/aromatic N) is 1. The Morgan fingerprint density at radius 3 is 2.65 bits per heavy atom. The van der Waals surface area contributed by atoms with Crippen LogP contribution in [0.2, 0.25) is 0 Å². The van der Waals surface area contributed by atoms with E-state index in [0.717, 1.165) is 29.0 Å². The summed E-state index contributed by atoms with van der Waals surface area (Å²) in [6.45, 7) is 6.19. The first-order chi connectivity index (χ1) is 9.49. The highest BCUT2D eigenvalue weighted by Gasteiger charge is 2.07. The van der Waals surface area contributed by atoms with Crippen molar-refractivity contribution in [3.05, 3.63) is 45.9 Å². The van der Waals surface area contributed by atoms with Gasteiger partial charge in [-0.05, 0) is 43.0 Å². The summed E-state index contributed by atoms with van der Waals surface area (Å²) in [6.07, 6.45) is 0.798. The average molecular weight is 272 g/mol. The second-order valence-electron chi connectivity index (χ2n) is 5.37. The predicted molar refractivity (Wildman–Crippen MR) is 80.1 cm³/mol. The number of hydrogen-bond donors (Lipinski definition) is 1. The van der Waals surface area contributed by atoms with E-state index in [9.17, 15) is 4.79 Å². The summed E-state index contributed by atoms with van der Waals surface area (Å²) in [4.78, 5) is 19.1. The standard InChI is InChI=1S/C16H20N2O2/c1-10(2)7-13-9-15(19)18-16(17-13)12-5-6-14(20-4)11(3)8-12/h5-6,8-10H,7H2,1-4H3,(H,17,18,19). The monoisotopic (exact) mass is 272 g/mol. The van der Waals surface area contributed by atoms with Crippen molar-refractivity contribution >= 4 is 0 Å². The lowest BCUT2D eigenvalue weighted by Crippen LogP contribution is -2.11. The van der Waals surface area contributed by atoms with Crippen LogP contribution in [0.15, 0.2) is 29.1 Å². The van der Waals surface area contributed by atoms with E-state index in [4.69, 9.17) is 4.74 Å². The van der Waals surface area contributed by atoms with Gasteiger partial charge in [0.05, 0.1) is 7.11 Å². The molecule has 0 atom stereocenters. The van der Waals surface area contributed by atoms with E-state index in [0.29, 0.717) is 11.7 Å².